The standard InChI is InChI=1S/C17H17Cl3N2O2S/c1-12-14(19)3-2-4-16(12)21-7-9-22(10-8-21)25(23,24)17-6-5-13(18)11-15(17)20/h2-6,11H,7-10H2,1H3. The van der Waals surface area contributed by atoms with E-state index in [9.17, 15) is 8.42 Å². The van der Waals surface area contributed by atoms with Crippen LogP contribution in [0.5, 0.6) is 0 Å². The van der Waals surface area contributed by atoms with Crippen LogP contribution in [0.25, 0.3) is 0 Å². The van der Waals surface area contributed by atoms with Gasteiger partial charge in [-0.05, 0) is 42.8 Å². The van der Waals surface area contributed by atoms with Crippen LogP contribution in [-0.2, 0) is 10.0 Å². The van der Waals surface area contributed by atoms with Crippen LogP contribution in [0.15, 0.2) is 41.3 Å². The number of sulfonamides is 1. The SMILES string of the molecule is Cc1c(Cl)cccc1N1CCN(S(=O)(=O)c2ccc(Cl)cc2Cl)CC1. The molecule has 1 aliphatic heterocycles. The van der Waals surface area contributed by atoms with E-state index in [1.165, 1.54) is 22.5 Å². The van der Waals surface area contributed by atoms with Gasteiger partial charge in [-0.15, -0.1) is 0 Å². The second kappa shape index (κ2) is 7.33. The summed E-state index contributed by atoms with van der Waals surface area (Å²) in [6.07, 6.45) is 0. The van der Waals surface area contributed by atoms with Gasteiger partial charge in [0.15, 0.2) is 0 Å². The summed E-state index contributed by atoms with van der Waals surface area (Å²) in [6.45, 7) is 3.91. The summed E-state index contributed by atoms with van der Waals surface area (Å²) in [5.74, 6) is 0. The van der Waals surface area contributed by atoms with Crippen LogP contribution in [0.2, 0.25) is 15.1 Å². The topological polar surface area (TPSA) is 40.6 Å². The van der Waals surface area contributed by atoms with Crippen molar-refractivity contribution in [3.8, 4) is 0 Å². The Morgan fingerprint density at radius 2 is 1.60 bits per heavy atom. The largest absolute Gasteiger partial charge is 0.369 e. The van der Waals surface area contributed by atoms with Gasteiger partial charge in [0.05, 0.1) is 5.02 Å². The molecule has 0 unspecified atom stereocenters. The summed E-state index contributed by atoms with van der Waals surface area (Å²) in [4.78, 5) is 2.24. The van der Waals surface area contributed by atoms with E-state index < -0.39 is 10.0 Å². The molecule has 0 aromatic heterocycles. The summed E-state index contributed by atoms with van der Waals surface area (Å²) in [7, 11) is -3.64. The summed E-state index contributed by atoms with van der Waals surface area (Å²) >= 11 is 18.1. The molecule has 1 heterocycles. The lowest BCUT2D eigenvalue weighted by Crippen LogP contribution is -2.48. The molecule has 0 amide bonds. The fraction of sp³-hybridized carbons (Fsp3) is 0.294. The van der Waals surface area contributed by atoms with Crippen molar-refractivity contribution in [1.29, 1.82) is 0 Å². The van der Waals surface area contributed by atoms with E-state index >= 15 is 0 Å². The van der Waals surface area contributed by atoms with Gasteiger partial charge in [-0.2, -0.15) is 4.31 Å². The Balaban J connectivity index is 1.78. The zero-order valence-electron chi connectivity index (χ0n) is 13.5. The Morgan fingerprint density at radius 1 is 0.920 bits per heavy atom. The molecule has 2 aromatic carbocycles. The number of rotatable bonds is 3. The van der Waals surface area contributed by atoms with Gasteiger partial charge in [-0.3, -0.25) is 0 Å². The summed E-state index contributed by atoms with van der Waals surface area (Å²) in [6, 6.07) is 10.2. The maximum atomic E-state index is 12.8. The second-order valence-corrected chi connectivity index (χ2v) is 9.01. The molecule has 1 aliphatic rings. The molecule has 0 bridgehead atoms. The number of halogens is 3. The molecule has 4 nitrogen and oxygen atoms in total. The Hall–Kier alpha value is -0.980. The number of benzene rings is 2. The van der Waals surface area contributed by atoms with Crippen LogP contribution in [-0.4, -0.2) is 38.9 Å². The predicted molar refractivity (Wildman–Crippen MR) is 104 cm³/mol. The molecular weight excluding hydrogens is 403 g/mol. The van der Waals surface area contributed by atoms with Crippen molar-refractivity contribution < 1.29 is 8.42 Å². The van der Waals surface area contributed by atoms with E-state index in [1.807, 2.05) is 25.1 Å². The molecule has 25 heavy (non-hydrogen) atoms. The highest BCUT2D eigenvalue weighted by Gasteiger charge is 2.30. The average Bonchev–Trinajstić information content (AvgIpc) is 2.57. The van der Waals surface area contributed by atoms with Crippen molar-refractivity contribution in [3.63, 3.8) is 0 Å². The van der Waals surface area contributed by atoms with Gasteiger partial charge < -0.3 is 4.90 Å². The lowest BCUT2D eigenvalue weighted by molar-refractivity contribution is 0.385. The van der Waals surface area contributed by atoms with E-state index in [0.29, 0.717) is 36.2 Å². The first-order chi connectivity index (χ1) is 11.8. The van der Waals surface area contributed by atoms with E-state index in [-0.39, 0.29) is 9.92 Å². The molecule has 0 aliphatic carbocycles. The maximum Gasteiger partial charge on any atom is 0.244 e. The van der Waals surface area contributed by atoms with E-state index in [2.05, 4.69) is 4.90 Å². The van der Waals surface area contributed by atoms with E-state index in [1.54, 1.807) is 0 Å². The van der Waals surface area contributed by atoms with Crippen LogP contribution in [0, 0.1) is 6.92 Å². The van der Waals surface area contributed by atoms with Crippen molar-refractivity contribution in [3.05, 3.63) is 57.0 Å². The van der Waals surface area contributed by atoms with Crippen molar-refractivity contribution in [2.45, 2.75) is 11.8 Å². The predicted octanol–water partition coefficient (Wildman–Crippen LogP) is 4.47. The number of nitrogens with zero attached hydrogens (tertiary/aromatic N) is 2. The van der Waals surface area contributed by atoms with Gasteiger partial charge in [0.2, 0.25) is 10.0 Å². The molecule has 0 saturated carbocycles. The summed E-state index contributed by atoms with van der Waals surface area (Å²) < 4.78 is 27.1. The third kappa shape index (κ3) is 3.76. The molecular formula is C17H17Cl3N2O2S. The van der Waals surface area contributed by atoms with Crippen molar-refractivity contribution in [1.82, 2.24) is 4.31 Å². The molecule has 0 atom stereocenters. The minimum atomic E-state index is -3.64. The highest BCUT2D eigenvalue weighted by atomic mass is 35.5. The average molecular weight is 420 g/mol. The first-order valence-electron chi connectivity index (χ1n) is 7.76. The van der Waals surface area contributed by atoms with Gasteiger partial charge in [-0.1, -0.05) is 40.9 Å². The summed E-state index contributed by atoms with van der Waals surface area (Å²) in [5, 5.41) is 1.26. The first-order valence-corrected chi connectivity index (χ1v) is 10.3. The first kappa shape index (κ1) is 18.8. The fourth-order valence-corrected chi connectivity index (χ4v) is 5.27. The molecule has 0 N–H and O–H groups in total. The van der Waals surface area contributed by atoms with E-state index in [0.717, 1.165) is 11.3 Å². The smallest absolute Gasteiger partial charge is 0.244 e. The lowest BCUT2D eigenvalue weighted by atomic mass is 10.1. The third-order valence-corrected chi connectivity index (χ3v) is 7.36. The van der Waals surface area contributed by atoms with Gasteiger partial charge >= 0.3 is 0 Å². The highest BCUT2D eigenvalue weighted by Crippen LogP contribution is 2.30. The number of anilines is 1. The Kier molecular flexibility index (Phi) is 5.51. The summed E-state index contributed by atoms with van der Waals surface area (Å²) in [5.41, 5.74) is 2.04. The molecule has 134 valence electrons. The molecule has 0 radical (unpaired) electrons. The second-order valence-electron chi connectivity index (χ2n) is 5.85. The maximum absolute atomic E-state index is 12.8. The van der Waals surface area contributed by atoms with E-state index in [4.69, 9.17) is 34.8 Å². The minimum absolute atomic E-state index is 0.0888. The lowest BCUT2D eigenvalue weighted by Gasteiger charge is -2.36. The molecule has 0 spiro atoms. The third-order valence-electron chi connectivity index (χ3n) is 4.33. The van der Waals surface area contributed by atoms with Gasteiger partial charge in [0.25, 0.3) is 0 Å². The Morgan fingerprint density at radius 3 is 2.24 bits per heavy atom. The van der Waals surface area contributed by atoms with Gasteiger partial charge in [0, 0.05) is 41.9 Å². The van der Waals surface area contributed by atoms with Crippen LogP contribution >= 0.6 is 34.8 Å². The molecule has 1 saturated heterocycles. The van der Waals surface area contributed by atoms with Crippen LogP contribution in [0.4, 0.5) is 5.69 Å². The van der Waals surface area contributed by atoms with Crippen molar-refractivity contribution >= 4 is 50.5 Å². The van der Waals surface area contributed by atoms with Crippen LogP contribution in [0.3, 0.4) is 0 Å². The minimum Gasteiger partial charge on any atom is -0.369 e. The number of piperazine rings is 1. The highest BCUT2D eigenvalue weighted by molar-refractivity contribution is 7.89. The van der Waals surface area contributed by atoms with Gasteiger partial charge in [-0.25, -0.2) is 8.42 Å². The quantitative estimate of drug-likeness (QED) is 0.737. The van der Waals surface area contributed by atoms with Crippen LogP contribution < -0.4 is 4.90 Å². The zero-order valence-corrected chi connectivity index (χ0v) is 16.6. The normalized spacial score (nSPS) is 16.2. The van der Waals surface area contributed by atoms with Gasteiger partial charge in [0.1, 0.15) is 4.90 Å². The fourth-order valence-electron chi connectivity index (χ4n) is 2.93. The zero-order chi connectivity index (χ0) is 18.2. The van der Waals surface area contributed by atoms with Crippen molar-refractivity contribution in [2.75, 3.05) is 31.1 Å². The van der Waals surface area contributed by atoms with Crippen molar-refractivity contribution in [2.24, 2.45) is 0 Å². The number of hydrogen-bond acceptors (Lipinski definition) is 3. The molecule has 8 heteroatoms. The molecule has 3 rings (SSSR count). The monoisotopic (exact) mass is 418 g/mol. The van der Waals surface area contributed by atoms with Crippen LogP contribution in [0.1, 0.15) is 5.56 Å². The Bertz CT molecular complexity index is 895. The number of hydrogen-bond donors (Lipinski definition) is 0. The molecule has 1 fully saturated rings. The Labute approximate surface area is 162 Å². The molecule has 2 aromatic rings.